The summed E-state index contributed by atoms with van der Waals surface area (Å²) in [5.74, 6) is 1.81. The van der Waals surface area contributed by atoms with Crippen molar-refractivity contribution in [1.82, 2.24) is 10.3 Å². The van der Waals surface area contributed by atoms with E-state index >= 15 is 0 Å². The molecule has 1 aromatic heterocycles. The number of nitrogens with zero attached hydrogens (tertiary/aromatic N) is 2. The van der Waals surface area contributed by atoms with E-state index in [1.54, 1.807) is 0 Å². The van der Waals surface area contributed by atoms with E-state index in [9.17, 15) is 0 Å². The molecule has 21 heavy (non-hydrogen) atoms. The summed E-state index contributed by atoms with van der Waals surface area (Å²) >= 11 is 0. The van der Waals surface area contributed by atoms with Crippen LogP contribution < -0.4 is 10.2 Å². The normalized spacial score (nSPS) is 13.3. The second-order valence-electron chi connectivity index (χ2n) is 7.05. The molecule has 120 valence electrons. The summed E-state index contributed by atoms with van der Waals surface area (Å²) in [5, 5.41) is 3.25. The summed E-state index contributed by atoms with van der Waals surface area (Å²) < 4.78 is 0. The van der Waals surface area contributed by atoms with E-state index in [-0.39, 0.29) is 5.41 Å². The first-order valence-electron chi connectivity index (χ1n) is 8.22. The lowest BCUT2D eigenvalue weighted by molar-refractivity contribution is 0.538. The van der Waals surface area contributed by atoms with Gasteiger partial charge in [0.25, 0.3) is 0 Å². The molecule has 0 aliphatic rings. The zero-order valence-electron chi connectivity index (χ0n) is 15.0. The van der Waals surface area contributed by atoms with Gasteiger partial charge in [-0.1, -0.05) is 41.0 Å². The maximum absolute atomic E-state index is 4.94. The molecule has 0 fully saturated rings. The molecule has 0 bridgehead atoms. The van der Waals surface area contributed by atoms with E-state index in [0.29, 0.717) is 5.92 Å². The van der Waals surface area contributed by atoms with E-state index in [1.165, 1.54) is 17.7 Å². The summed E-state index contributed by atoms with van der Waals surface area (Å²) in [5.41, 5.74) is 2.57. The largest absolute Gasteiger partial charge is 0.357 e. The van der Waals surface area contributed by atoms with Crippen molar-refractivity contribution in [1.29, 1.82) is 0 Å². The van der Waals surface area contributed by atoms with Gasteiger partial charge in [-0.15, -0.1) is 0 Å². The van der Waals surface area contributed by atoms with Crippen molar-refractivity contribution < 1.29 is 0 Å². The predicted molar refractivity (Wildman–Crippen MR) is 93.0 cm³/mol. The van der Waals surface area contributed by atoms with Gasteiger partial charge < -0.3 is 10.2 Å². The number of aromatic nitrogens is 1. The highest BCUT2D eigenvalue weighted by molar-refractivity contribution is 5.44. The average molecular weight is 291 g/mol. The fourth-order valence-electron chi connectivity index (χ4n) is 2.31. The molecule has 0 radical (unpaired) electrons. The van der Waals surface area contributed by atoms with Crippen LogP contribution in [0.4, 0.5) is 5.82 Å². The standard InChI is InChI=1S/C18H33N3/c1-8-14(3)13-21(9-2)17-11-15(12-19-7)10-16(20-17)18(4,5)6/h10-11,14,19H,8-9,12-13H2,1-7H3. The van der Waals surface area contributed by atoms with Crippen molar-refractivity contribution in [3.05, 3.63) is 23.4 Å². The quantitative estimate of drug-likeness (QED) is 0.824. The summed E-state index contributed by atoms with van der Waals surface area (Å²) in [7, 11) is 1.99. The Morgan fingerprint density at radius 1 is 1.24 bits per heavy atom. The first-order chi connectivity index (χ1) is 9.81. The Morgan fingerprint density at radius 2 is 1.90 bits per heavy atom. The van der Waals surface area contributed by atoms with Crippen LogP contribution in [-0.2, 0) is 12.0 Å². The third-order valence-corrected chi connectivity index (χ3v) is 3.96. The highest BCUT2D eigenvalue weighted by Crippen LogP contribution is 2.25. The molecule has 0 amide bonds. The van der Waals surface area contributed by atoms with Crippen molar-refractivity contribution >= 4 is 5.82 Å². The van der Waals surface area contributed by atoms with Crippen LogP contribution in [0.15, 0.2) is 12.1 Å². The maximum atomic E-state index is 4.94. The minimum atomic E-state index is 0.0777. The summed E-state index contributed by atoms with van der Waals surface area (Å²) in [4.78, 5) is 7.35. The van der Waals surface area contributed by atoms with Crippen LogP contribution in [0, 0.1) is 5.92 Å². The number of hydrogen-bond acceptors (Lipinski definition) is 3. The van der Waals surface area contributed by atoms with Crippen molar-refractivity contribution in [3.63, 3.8) is 0 Å². The lowest BCUT2D eigenvalue weighted by Crippen LogP contribution is -2.30. The van der Waals surface area contributed by atoms with Crippen molar-refractivity contribution in [2.75, 3.05) is 25.0 Å². The monoisotopic (exact) mass is 291 g/mol. The third kappa shape index (κ3) is 5.31. The topological polar surface area (TPSA) is 28.2 Å². The molecule has 1 heterocycles. The Labute approximate surface area is 131 Å². The second-order valence-corrected chi connectivity index (χ2v) is 7.05. The fourth-order valence-corrected chi connectivity index (χ4v) is 2.31. The number of hydrogen-bond donors (Lipinski definition) is 1. The Bertz CT molecular complexity index is 435. The van der Waals surface area contributed by atoms with Gasteiger partial charge in [-0.25, -0.2) is 4.98 Å². The number of nitrogens with one attached hydrogen (secondary N) is 1. The summed E-state index contributed by atoms with van der Waals surface area (Å²) in [6.07, 6.45) is 1.21. The van der Waals surface area contributed by atoms with Crippen molar-refractivity contribution in [2.45, 2.75) is 59.9 Å². The van der Waals surface area contributed by atoms with E-state index in [2.05, 4.69) is 63.9 Å². The van der Waals surface area contributed by atoms with E-state index < -0.39 is 0 Å². The molecule has 0 aromatic carbocycles. The van der Waals surface area contributed by atoms with Gasteiger partial charge in [0.15, 0.2) is 0 Å². The van der Waals surface area contributed by atoms with Gasteiger partial charge >= 0.3 is 0 Å². The smallest absolute Gasteiger partial charge is 0.129 e. The molecular weight excluding hydrogens is 258 g/mol. The lowest BCUT2D eigenvalue weighted by Gasteiger charge is -2.28. The maximum Gasteiger partial charge on any atom is 0.129 e. The molecule has 3 nitrogen and oxygen atoms in total. The fraction of sp³-hybridized carbons (Fsp3) is 0.722. The van der Waals surface area contributed by atoms with Crippen LogP contribution in [0.25, 0.3) is 0 Å². The molecule has 0 aliphatic carbocycles. The first kappa shape index (κ1) is 18.0. The van der Waals surface area contributed by atoms with E-state index in [1.807, 2.05) is 7.05 Å². The number of anilines is 1. The Balaban J connectivity index is 3.16. The van der Waals surface area contributed by atoms with Crippen LogP contribution in [0.2, 0.25) is 0 Å². The molecule has 1 atom stereocenters. The minimum absolute atomic E-state index is 0.0777. The molecule has 1 aromatic rings. The van der Waals surface area contributed by atoms with E-state index in [4.69, 9.17) is 4.98 Å². The average Bonchev–Trinajstić information content (AvgIpc) is 2.43. The van der Waals surface area contributed by atoms with E-state index in [0.717, 1.165) is 25.5 Å². The molecule has 0 spiro atoms. The molecule has 1 rings (SSSR count). The Hall–Kier alpha value is -1.09. The third-order valence-electron chi connectivity index (χ3n) is 3.96. The lowest BCUT2D eigenvalue weighted by atomic mass is 9.90. The van der Waals surface area contributed by atoms with Crippen LogP contribution in [0.1, 0.15) is 59.2 Å². The van der Waals surface area contributed by atoms with Crippen molar-refractivity contribution in [2.24, 2.45) is 5.92 Å². The first-order valence-corrected chi connectivity index (χ1v) is 8.22. The van der Waals surface area contributed by atoms with Crippen molar-refractivity contribution in [3.8, 4) is 0 Å². The highest BCUT2D eigenvalue weighted by Gasteiger charge is 2.19. The van der Waals surface area contributed by atoms with Gasteiger partial charge in [-0.2, -0.15) is 0 Å². The minimum Gasteiger partial charge on any atom is -0.357 e. The zero-order valence-corrected chi connectivity index (χ0v) is 15.0. The van der Waals surface area contributed by atoms with Gasteiger partial charge in [0.1, 0.15) is 5.82 Å². The Morgan fingerprint density at radius 3 is 2.38 bits per heavy atom. The summed E-state index contributed by atoms with van der Waals surface area (Å²) in [6.45, 7) is 16.4. The SMILES string of the molecule is CCC(C)CN(CC)c1cc(CNC)cc(C(C)(C)C)n1. The van der Waals surface area contributed by atoms with Crippen LogP contribution in [0.3, 0.4) is 0 Å². The number of pyridine rings is 1. The molecule has 1 unspecified atom stereocenters. The molecule has 0 aliphatic heterocycles. The molecule has 1 N–H and O–H groups in total. The summed E-state index contributed by atoms with van der Waals surface area (Å²) in [6, 6.07) is 4.47. The molecule has 0 saturated carbocycles. The Kier molecular flexibility index (Phi) is 6.66. The van der Waals surface area contributed by atoms with Gasteiger partial charge in [0.05, 0.1) is 0 Å². The van der Waals surface area contributed by atoms with Gasteiger partial charge in [0, 0.05) is 30.7 Å². The van der Waals surface area contributed by atoms with Crippen LogP contribution in [0.5, 0.6) is 0 Å². The highest BCUT2D eigenvalue weighted by atomic mass is 15.2. The molecular formula is C18H33N3. The van der Waals surface area contributed by atoms with Gasteiger partial charge in [0.2, 0.25) is 0 Å². The zero-order chi connectivity index (χ0) is 16.0. The van der Waals surface area contributed by atoms with Crippen LogP contribution in [-0.4, -0.2) is 25.1 Å². The predicted octanol–water partition coefficient (Wildman–Crippen LogP) is 3.97. The number of rotatable bonds is 7. The second kappa shape index (κ2) is 7.79. The molecule has 3 heteroatoms. The van der Waals surface area contributed by atoms with Gasteiger partial charge in [-0.3, -0.25) is 0 Å². The molecule has 0 saturated heterocycles. The van der Waals surface area contributed by atoms with Gasteiger partial charge in [-0.05, 0) is 37.6 Å². The van der Waals surface area contributed by atoms with Crippen LogP contribution >= 0.6 is 0 Å².